The van der Waals surface area contributed by atoms with Gasteiger partial charge in [-0.05, 0) is 196 Å². The highest BCUT2D eigenvalue weighted by atomic mass is 79.9. The number of carbonyl (C=O) groups is 5. The molecule has 11 rings (SSSR count). The van der Waals surface area contributed by atoms with E-state index < -0.39 is 76.5 Å². The second-order valence-corrected chi connectivity index (χ2v) is 28.4. The van der Waals surface area contributed by atoms with E-state index in [2.05, 4.69) is 59.1 Å². The van der Waals surface area contributed by atoms with Gasteiger partial charge in [-0.1, -0.05) is 39.1 Å². The van der Waals surface area contributed by atoms with E-state index in [0.717, 1.165) is 43.9 Å². The van der Waals surface area contributed by atoms with Crippen LogP contribution in [-0.2, 0) is 25.4 Å². The number of ketones is 1. The molecule has 2 unspecified atom stereocenters. The lowest BCUT2D eigenvalue weighted by Crippen LogP contribution is -2.38. The van der Waals surface area contributed by atoms with Crippen LogP contribution in [0.5, 0.6) is 69.0 Å². The molecule has 2 aliphatic carbocycles. The van der Waals surface area contributed by atoms with Crippen molar-refractivity contribution in [2.75, 3.05) is 83.0 Å². The number of halogens is 13. The van der Waals surface area contributed by atoms with Crippen LogP contribution in [0.2, 0.25) is 10.0 Å². The van der Waals surface area contributed by atoms with Gasteiger partial charge in [-0.25, -0.2) is 37.9 Å². The van der Waals surface area contributed by atoms with Crippen LogP contribution in [0, 0.1) is 23.5 Å². The Morgan fingerprint density at radius 1 is 0.424 bits per heavy atom. The molecule has 26 nitrogen and oxygen atoms in total. The number of pyridine rings is 2. The molecule has 2 aromatic heterocycles. The highest BCUT2D eigenvalue weighted by Crippen LogP contribution is 2.50. The number of phenols is 1. The minimum Gasteiger partial charge on any atom is -0.504 e. The molecule has 6 N–H and O–H groups in total. The predicted molar refractivity (Wildman–Crippen MR) is 439 cm³/mol. The number of rotatable bonds is 31. The molecule has 125 heavy (non-hydrogen) atoms. The number of hydrogen-bond acceptors (Lipinski definition) is 25. The number of hydrogen-bond donors (Lipinski definition) is 5. The molecule has 0 spiro atoms. The zero-order valence-corrected chi connectivity index (χ0v) is 72.3. The monoisotopic (exact) mass is 1870 g/mol. The quantitative estimate of drug-likeness (QED) is 0.00886. The first-order valence-corrected chi connectivity index (χ1v) is 38.7. The number of ether oxygens (including phenoxy) is 14. The third kappa shape index (κ3) is 29.4. The van der Waals surface area contributed by atoms with Crippen molar-refractivity contribution in [3.05, 3.63) is 213 Å². The molecular weight excluding hydrogens is 1780 g/mol. The molecular formula is C86H88BrCl2F10N3O23. The van der Waals surface area contributed by atoms with E-state index >= 15 is 0 Å². The second-order valence-electron chi connectivity index (χ2n) is 27.0. The Hall–Kier alpha value is -11.8. The lowest BCUT2D eigenvalue weighted by Gasteiger charge is -2.28. The number of carboxylic acid groups (broad SMARTS) is 1. The number of aromatic nitrogens is 2. The molecule has 7 aromatic carbocycles. The van der Waals surface area contributed by atoms with E-state index in [9.17, 15) is 83.2 Å². The first kappa shape index (κ1) is 102. The number of nitrogens with two attached hydrogens (primary N) is 1. The first-order valence-electron chi connectivity index (χ1n) is 36.9. The van der Waals surface area contributed by atoms with Crippen molar-refractivity contribution in [1.29, 1.82) is 0 Å². The molecule has 2 aliphatic rings. The fourth-order valence-corrected chi connectivity index (χ4v) is 12.0. The van der Waals surface area contributed by atoms with E-state index in [-0.39, 0.29) is 127 Å². The maximum Gasteiger partial charge on any atom is 0.407 e. The SMILES string of the molecule is COC(=O)c1ccc(O)c(OC)c1.COC(=O)c1ccc(OC(C)(F)F)c(OC)c1.COC(=O)c1ccc(OC(F)(F)CBr)c(OC)c1.COc1cc(C(=O)CCC(O)(c2ccc(OC)c(-c3ccc(F)c(Cl)c3)n2)C2CC2)ccc1OC(C)(F)F.COc1cc(C(=O)O)ccc1OC(C)(F)F.COc1ccc(C(O)(CN)C2CC2)nc1-c1ccc(F)c(Cl)c1. The Morgan fingerprint density at radius 2 is 0.736 bits per heavy atom. The number of phenolic OH excluding ortho intramolecular Hbond substituents is 1. The lowest BCUT2D eigenvalue weighted by atomic mass is 9.86. The summed E-state index contributed by atoms with van der Waals surface area (Å²) in [6.45, 7) is 1.90. The lowest BCUT2D eigenvalue weighted by molar-refractivity contribution is -0.160. The smallest absolute Gasteiger partial charge is 0.407 e. The maximum atomic E-state index is 13.7. The Labute approximate surface area is 729 Å². The normalized spacial score (nSPS) is 13.1. The molecule has 2 saturated carbocycles. The van der Waals surface area contributed by atoms with E-state index in [4.69, 9.17) is 67.2 Å². The van der Waals surface area contributed by atoms with Crippen molar-refractivity contribution >= 4 is 68.8 Å². The Kier molecular flexibility index (Phi) is 36.9. The summed E-state index contributed by atoms with van der Waals surface area (Å²) in [5.74, 6) is -3.68. The highest BCUT2D eigenvalue weighted by molar-refractivity contribution is 9.09. The molecule has 2 fully saturated rings. The summed E-state index contributed by atoms with van der Waals surface area (Å²) in [6, 6.07) is 34.5. The molecule has 0 aliphatic heterocycles. The molecule has 2 heterocycles. The minimum absolute atomic E-state index is 0.00449. The van der Waals surface area contributed by atoms with Crippen LogP contribution in [0.3, 0.4) is 0 Å². The average Bonchev–Trinajstić information content (AvgIpc) is 1.68. The zero-order chi connectivity index (χ0) is 93.3. The van der Waals surface area contributed by atoms with Gasteiger partial charge in [-0.3, -0.25) is 4.79 Å². The van der Waals surface area contributed by atoms with Crippen molar-refractivity contribution in [2.45, 2.75) is 94.9 Å². The number of aromatic carboxylic acids is 1. The van der Waals surface area contributed by atoms with Gasteiger partial charge < -0.3 is 92.5 Å². The molecule has 676 valence electrons. The summed E-state index contributed by atoms with van der Waals surface area (Å²) >= 11 is 14.5. The number of aromatic hydroxyl groups is 1. The predicted octanol–water partition coefficient (Wildman–Crippen LogP) is 18.8. The van der Waals surface area contributed by atoms with E-state index in [1.54, 1.807) is 30.3 Å². The molecule has 9 aromatic rings. The Morgan fingerprint density at radius 3 is 1.06 bits per heavy atom. The molecule has 0 saturated heterocycles. The van der Waals surface area contributed by atoms with Gasteiger partial charge in [0.25, 0.3) is 0 Å². The number of esters is 3. The van der Waals surface area contributed by atoms with Gasteiger partial charge in [0.15, 0.2) is 63.3 Å². The van der Waals surface area contributed by atoms with E-state index in [1.807, 2.05) is 0 Å². The van der Waals surface area contributed by atoms with E-state index in [0.29, 0.717) is 71.7 Å². The van der Waals surface area contributed by atoms with Gasteiger partial charge in [-0.2, -0.15) is 35.1 Å². The van der Waals surface area contributed by atoms with Crippen molar-refractivity contribution < 1.29 is 155 Å². The summed E-state index contributed by atoms with van der Waals surface area (Å²) in [7, 11) is 13.3. The fraction of sp³-hybridized carbons (Fsp3) is 0.337. The van der Waals surface area contributed by atoms with Crippen molar-refractivity contribution in [1.82, 2.24) is 9.97 Å². The van der Waals surface area contributed by atoms with Crippen molar-refractivity contribution in [3.8, 4) is 91.5 Å². The van der Waals surface area contributed by atoms with Crippen LogP contribution in [-0.4, -0.2) is 167 Å². The van der Waals surface area contributed by atoms with Gasteiger partial charge in [0.1, 0.15) is 51.1 Å². The first-order chi connectivity index (χ1) is 58.8. The van der Waals surface area contributed by atoms with Gasteiger partial charge in [0.05, 0.1) is 115 Å². The third-order valence-electron chi connectivity index (χ3n) is 17.9. The zero-order valence-electron chi connectivity index (χ0n) is 69.2. The largest absolute Gasteiger partial charge is 0.504 e. The summed E-state index contributed by atoms with van der Waals surface area (Å²) in [4.78, 5) is 66.4. The number of benzene rings is 7. The standard InChI is InChI=1S/C28H27ClF3NO5.C17H18ClFN2O2.C11H11BrF2O4.C11H12F2O4.C10H10F2O4.C9H10O4/c1-27(31,32)38-22-9-5-16(15-24(22)37-3)21(34)12-13-28(35,18-6-7-18)25-11-10-23(36-2)26(33-25)17-4-8-20(30)19(29)14-17;1-23-14-6-7-15(17(22,9-20)11-3-4-11)21-16(14)10-2-5-13(19)12(18)8-10;1-16-9-5-7(10(15)17-2)3-4-8(9)18-11(13,14)6-12;1-11(12,13)17-8-5-4-7(10(14)16-3)6-9(8)15-2;1-10(11,12)16-7-4-3-6(9(13)14)5-8(7)15-2;1-12-8-5-6(9(11)13-2)3-4-7(8)10/h4-5,8-11,14-15,18,35H,6-7,12-13H2,1-3H3;2,5-8,11,22H,3-4,9,20H2,1H3;3-5H,6H2,1-2H3;4-6H,1-3H3;3-5H,1-2H3,(H,13,14);3-5,10H,1-2H3. The summed E-state index contributed by atoms with van der Waals surface area (Å²) < 4.78 is 197. The summed E-state index contributed by atoms with van der Waals surface area (Å²) in [5, 5.41) is 39.8. The highest BCUT2D eigenvalue weighted by Gasteiger charge is 2.48. The van der Waals surface area contributed by atoms with Gasteiger partial charge >= 0.3 is 48.3 Å². The molecule has 2 atom stereocenters. The van der Waals surface area contributed by atoms with Crippen LogP contribution in [0.15, 0.2) is 152 Å². The average molecular weight is 1870 g/mol. The Bertz CT molecular complexity index is 5220. The molecule has 0 bridgehead atoms. The second kappa shape index (κ2) is 45.2. The maximum absolute atomic E-state index is 13.7. The summed E-state index contributed by atoms with van der Waals surface area (Å²) in [5.41, 5.74) is 6.99. The molecule has 39 heteroatoms. The topological polar surface area (TPSA) is 347 Å². The number of methoxy groups -OCH3 is 10. The number of nitrogens with zero attached hydrogens (tertiary/aromatic N) is 2. The van der Waals surface area contributed by atoms with Crippen LogP contribution in [0.1, 0.15) is 122 Å². The van der Waals surface area contributed by atoms with Crippen LogP contribution < -0.4 is 57.8 Å². The van der Waals surface area contributed by atoms with Crippen molar-refractivity contribution in [3.63, 3.8) is 0 Å². The number of alkyl halides is 9. The van der Waals surface area contributed by atoms with Gasteiger partial charge in [-0.15, -0.1) is 0 Å². The number of carbonyl (C=O) groups excluding carboxylic acids is 4. The fourth-order valence-electron chi connectivity index (χ4n) is 11.5. The van der Waals surface area contributed by atoms with Gasteiger partial charge in [0.2, 0.25) is 0 Å². The van der Waals surface area contributed by atoms with Gasteiger partial charge in [0, 0.05) is 50.4 Å². The number of Topliss-reactive ketones (excluding diaryl/α,β-unsaturated/α-hetero) is 1. The Balaban J connectivity index is 0.000000242. The summed E-state index contributed by atoms with van der Waals surface area (Å²) in [6.07, 6.45) is -10.0. The minimum atomic E-state index is -3.41. The van der Waals surface area contributed by atoms with Crippen molar-refractivity contribution in [2.24, 2.45) is 17.6 Å². The van der Waals surface area contributed by atoms with Crippen LogP contribution in [0.25, 0.3) is 22.5 Å². The number of aliphatic hydroxyl groups is 2. The third-order valence-corrected chi connectivity index (χ3v) is 19.2. The van der Waals surface area contributed by atoms with E-state index in [1.165, 1.54) is 174 Å². The van der Waals surface area contributed by atoms with Crippen LogP contribution >= 0.6 is 39.1 Å². The molecule has 0 radical (unpaired) electrons. The van der Waals surface area contributed by atoms with Crippen LogP contribution in [0.4, 0.5) is 43.9 Å². The number of carboxylic acids is 1. The molecule has 0 amide bonds.